The first-order chi connectivity index (χ1) is 14.6. The molecule has 0 bridgehead atoms. The standard InChI is InChI=1S/C18H17F6N3O4S/c1-10-4-15(27(26-10)13-2-3-32(29,30)9-13)25-16(28)8-31-14-6-11(17(19,20)21)5-12(7-14)18(22,23)24/h4-7,13H,2-3,8-9H2,1H3,(H,25,28). The van der Waals surface area contributed by atoms with Crippen molar-refractivity contribution in [1.82, 2.24) is 9.78 Å². The number of nitrogens with one attached hydrogen (secondary N) is 1. The number of hydrogen-bond acceptors (Lipinski definition) is 5. The van der Waals surface area contributed by atoms with Crippen LogP contribution in [-0.2, 0) is 27.0 Å². The summed E-state index contributed by atoms with van der Waals surface area (Å²) in [6.45, 7) is 0.721. The third-order valence-corrected chi connectivity index (χ3v) is 6.36. The minimum Gasteiger partial charge on any atom is -0.484 e. The van der Waals surface area contributed by atoms with Gasteiger partial charge in [-0.15, -0.1) is 0 Å². The lowest BCUT2D eigenvalue weighted by Crippen LogP contribution is -2.24. The van der Waals surface area contributed by atoms with E-state index in [0.29, 0.717) is 17.8 Å². The smallest absolute Gasteiger partial charge is 0.416 e. The average molecular weight is 485 g/mol. The maximum absolute atomic E-state index is 12.9. The molecule has 0 radical (unpaired) electrons. The van der Waals surface area contributed by atoms with E-state index in [0.717, 1.165) is 0 Å². The average Bonchev–Trinajstić information content (AvgIpc) is 3.19. The number of rotatable bonds is 5. The lowest BCUT2D eigenvalue weighted by atomic mass is 10.1. The summed E-state index contributed by atoms with van der Waals surface area (Å²) >= 11 is 0. The predicted molar refractivity (Wildman–Crippen MR) is 99.8 cm³/mol. The van der Waals surface area contributed by atoms with Gasteiger partial charge in [0.1, 0.15) is 11.6 Å². The Morgan fingerprint density at radius 1 is 1.12 bits per heavy atom. The fourth-order valence-corrected chi connectivity index (χ4v) is 4.89. The summed E-state index contributed by atoms with van der Waals surface area (Å²) in [6, 6.07) is 1.61. The summed E-state index contributed by atoms with van der Waals surface area (Å²) in [5, 5.41) is 6.55. The van der Waals surface area contributed by atoms with Crippen LogP contribution in [0.4, 0.5) is 32.2 Å². The highest BCUT2D eigenvalue weighted by molar-refractivity contribution is 7.91. The largest absolute Gasteiger partial charge is 0.484 e. The van der Waals surface area contributed by atoms with Crippen molar-refractivity contribution in [2.24, 2.45) is 0 Å². The third-order valence-electron chi connectivity index (χ3n) is 4.61. The number of aromatic nitrogens is 2. The van der Waals surface area contributed by atoms with E-state index in [1.165, 1.54) is 10.7 Å². The van der Waals surface area contributed by atoms with Gasteiger partial charge in [0.25, 0.3) is 5.91 Å². The quantitative estimate of drug-likeness (QED) is 0.654. The number of hydrogen-bond donors (Lipinski definition) is 1. The molecular weight excluding hydrogens is 468 g/mol. The lowest BCUT2D eigenvalue weighted by Gasteiger charge is -2.16. The van der Waals surface area contributed by atoms with Crippen molar-refractivity contribution in [2.45, 2.75) is 31.7 Å². The molecule has 0 aliphatic carbocycles. The van der Waals surface area contributed by atoms with Crippen LogP contribution in [0.1, 0.15) is 29.3 Å². The number of aryl methyl sites for hydroxylation is 1. The highest BCUT2D eigenvalue weighted by Crippen LogP contribution is 2.38. The molecule has 1 unspecified atom stereocenters. The Bertz CT molecular complexity index is 1090. The number of anilines is 1. The minimum absolute atomic E-state index is 0.0375. The SMILES string of the molecule is Cc1cc(NC(=O)COc2cc(C(F)(F)F)cc(C(F)(F)F)c2)n(C2CCS(=O)(=O)C2)n1. The molecule has 1 aromatic carbocycles. The molecule has 1 atom stereocenters. The topological polar surface area (TPSA) is 90.3 Å². The second-order valence-electron chi connectivity index (χ2n) is 7.25. The summed E-state index contributed by atoms with van der Waals surface area (Å²) in [5.41, 5.74) is -2.67. The maximum atomic E-state index is 12.9. The van der Waals surface area contributed by atoms with Crippen molar-refractivity contribution in [3.63, 3.8) is 0 Å². The third kappa shape index (κ3) is 5.72. The van der Waals surface area contributed by atoms with E-state index >= 15 is 0 Å². The molecule has 3 rings (SSSR count). The monoisotopic (exact) mass is 485 g/mol. The van der Waals surface area contributed by atoms with E-state index in [9.17, 15) is 39.6 Å². The van der Waals surface area contributed by atoms with Crippen LogP contribution in [0.3, 0.4) is 0 Å². The van der Waals surface area contributed by atoms with Crippen molar-refractivity contribution in [2.75, 3.05) is 23.4 Å². The summed E-state index contributed by atoms with van der Waals surface area (Å²) in [4.78, 5) is 12.2. The Hall–Kier alpha value is -2.77. The molecule has 14 heteroatoms. The first-order valence-electron chi connectivity index (χ1n) is 9.13. The van der Waals surface area contributed by atoms with Gasteiger partial charge >= 0.3 is 12.4 Å². The van der Waals surface area contributed by atoms with Crippen molar-refractivity contribution in [1.29, 1.82) is 0 Å². The molecule has 7 nitrogen and oxygen atoms in total. The summed E-state index contributed by atoms with van der Waals surface area (Å²) in [5.74, 6) is -1.73. The van der Waals surface area contributed by atoms with Crippen LogP contribution in [0.15, 0.2) is 24.3 Å². The van der Waals surface area contributed by atoms with Gasteiger partial charge in [-0.3, -0.25) is 4.79 Å². The number of nitrogens with zero attached hydrogens (tertiary/aromatic N) is 2. The van der Waals surface area contributed by atoms with Crippen molar-refractivity contribution in [3.8, 4) is 5.75 Å². The van der Waals surface area contributed by atoms with Crippen molar-refractivity contribution in [3.05, 3.63) is 41.1 Å². The Kier molecular flexibility index (Phi) is 6.19. The summed E-state index contributed by atoms with van der Waals surface area (Å²) < 4.78 is 107. The highest BCUT2D eigenvalue weighted by Gasteiger charge is 2.37. The van der Waals surface area contributed by atoms with Crippen LogP contribution in [-0.4, -0.2) is 42.2 Å². The van der Waals surface area contributed by atoms with Crippen LogP contribution >= 0.6 is 0 Å². The van der Waals surface area contributed by atoms with Gasteiger partial charge < -0.3 is 10.1 Å². The van der Waals surface area contributed by atoms with Crippen LogP contribution in [0.5, 0.6) is 5.75 Å². The second kappa shape index (κ2) is 8.30. The molecule has 2 aromatic rings. The fourth-order valence-electron chi connectivity index (χ4n) is 3.19. The van der Waals surface area contributed by atoms with E-state index in [1.807, 2.05) is 0 Å². The molecular formula is C18H17F6N3O4S. The number of sulfone groups is 1. The van der Waals surface area contributed by atoms with Gasteiger partial charge in [-0.25, -0.2) is 13.1 Å². The second-order valence-corrected chi connectivity index (χ2v) is 9.48. The molecule has 1 fully saturated rings. The Morgan fingerprint density at radius 2 is 1.72 bits per heavy atom. The van der Waals surface area contributed by atoms with E-state index in [2.05, 4.69) is 10.4 Å². The predicted octanol–water partition coefficient (Wildman–Crippen LogP) is 3.61. The van der Waals surface area contributed by atoms with Crippen molar-refractivity contribution >= 4 is 21.6 Å². The van der Waals surface area contributed by atoms with Crippen LogP contribution in [0, 0.1) is 6.92 Å². The van der Waals surface area contributed by atoms with E-state index < -0.39 is 57.6 Å². The van der Waals surface area contributed by atoms with Crippen molar-refractivity contribution < 1.29 is 44.3 Å². The van der Waals surface area contributed by atoms with Gasteiger partial charge in [0.05, 0.1) is 34.4 Å². The molecule has 0 saturated carbocycles. The first kappa shape index (κ1) is 23.9. The molecule has 1 aliphatic heterocycles. The lowest BCUT2D eigenvalue weighted by molar-refractivity contribution is -0.143. The van der Waals surface area contributed by atoms with Gasteiger partial charge in [-0.1, -0.05) is 0 Å². The molecule has 1 saturated heterocycles. The normalized spacial score (nSPS) is 18.5. The molecule has 1 aromatic heterocycles. The Balaban J connectivity index is 1.74. The van der Waals surface area contributed by atoms with Gasteiger partial charge in [0.2, 0.25) is 0 Å². The Labute approximate surface area is 178 Å². The molecule has 1 aliphatic rings. The van der Waals surface area contributed by atoms with E-state index in [-0.39, 0.29) is 29.8 Å². The van der Waals surface area contributed by atoms with Crippen LogP contribution in [0.2, 0.25) is 0 Å². The van der Waals surface area contributed by atoms with Crippen LogP contribution < -0.4 is 10.1 Å². The number of carbonyl (C=O) groups excluding carboxylic acids is 1. The van der Waals surface area contributed by atoms with E-state index in [1.54, 1.807) is 6.92 Å². The minimum atomic E-state index is -5.05. The highest BCUT2D eigenvalue weighted by atomic mass is 32.2. The summed E-state index contributed by atoms with van der Waals surface area (Å²) in [6.07, 6.45) is -9.81. The molecule has 1 amide bonds. The zero-order valence-corrected chi connectivity index (χ0v) is 17.2. The maximum Gasteiger partial charge on any atom is 0.416 e. The first-order valence-corrected chi connectivity index (χ1v) is 10.9. The van der Waals surface area contributed by atoms with E-state index in [4.69, 9.17) is 4.74 Å². The van der Waals surface area contributed by atoms with Gasteiger partial charge in [-0.2, -0.15) is 31.4 Å². The molecule has 1 N–H and O–H groups in total. The fraction of sp³-hybridized carbons (Fsp3) is 0.444. The zero-order chi connectivity index (χ0) is 23.9. The van der Waals surface area contributed by atoms with Crippen LogP contribution in [0.25, 0.3) is 0 Å². The number of benzene rings is 1. The number of carbonyl (C=O) groups is 1. The molecule has 0 spiro atoms. The Morgan fingerprint density at radius 3 is 2.22 bits per heavy atom. The number of halogens is 6. The zero-order valence-electron chi connectivity index (χ0n) is 16.4. The number of amides is 1. The summed E-state index contributed by atoms with van der Waals surface area (Å²) in [7, 11) is -3.24. The van der Waals surface area contributed by atoms with Gasteiger partial charge in [0, 0.05) is 6.07 Å². The van der Waals surface area contributed by atoms with Gasteiger partial charge in [-0.05, 0) is 31.5 Å². The number of ether oxygens (including phenoxy) is 1. The number of alkyl halides is 6. The molecule has 32 heavy (non-hydrogen) atoms. The molecule has 2 heterocycles. The van der Waals surface area contributed by atoms with Gasteiger partial charge in [0.15, 0.2) is 16.4 Å². The molecule has 176 valence electrons.